The summed E-state index contributed by atoms with van der Waals surface area (Å²) < 4.78 is 74.7. The Morgan fingerprint density at radius 2 is 1.50 bits per heavy atom. The minimum absolute atomic E-state index is 0.109. The summed E-state index contributed by atoms with van der Waals surface area (Å²) in [5.74, 6) is -3.57. The van der Waals surface area contributed by atoms with E-state index in [1.165, 1.54) is 0 Å². The summed E-state index contributed by atoms with van der Waals surface area (Å²) in [5, 5.41) is 10.6. The van der Waals surface area contributed by atoms with Crippen LogP contribution in [0.25, 0.3) is 0 Å². The summed E-state index contributed by atoms with van der Waals surface area (Å²) in [6.45, 7) is 0. The Bertz CT molecular complexity index is 521. The average molecular weight is 299 g/mol. The molecule has 0 aliphatic heterocycles. The number of benzene rings is 1. The minimum atomic E-state index is -4.74. The van der Waals surface area contributed by atoms with Gasteiger partial charge in [-0.15, -0.1) is 0 Å². The fourth-order valence-electron chi connectivity index (χ4n) is 2.25. The van der Waals surface area contributed by atoms with Crippen molar-refractivity contribution in [1.82, 2.24) is 0 Å². The Morgan fingerprint density at radius 3 is 1.80 bits per heavy atom. The molecule has 0 saturated heterocycles. The second kappa shape index (κ2) is 4.35. The van der Waals surface area contributed by atoms with Crippen molar-refractivity contribution in [2.75, 3.05) is 0 Å². The maximum atomic E-state index is 12.6. The first-order valence-corrected chi connectivity index (χ1v) is 5.41. The minimum Gasteiger partial charge on any atom is -0.264 e. The molecule has 3 nitrogen and oxygen atoms in total. The van der Waals surface area contributed by atoms with Gasteiger partial charge in [-0.25, -0.2) is 0 Å². The lowest BCUT2D eigenvalue weighted by Crippen LogP contribution is -2.17. The molecule has 0 bridgehead atoms. The molecule has 1 aromatic rings. The van der Waals surface area contributed by atoms with Crippen molar-refractivity contribution in [2.24, 2.45) is 5.92 Å². The van der Waals surface area contributed by atoms with Gasteiger partial charge in [0.25, 0.3) is 0 Å². The predicted octanol–water partition coefficient (Wildman–Crippen LogP) is 3.63. The molecular weight excluding hydrogens is 292 g/mol. The van der Waals surface area contributed by atoms with Crippen LogP contribution in [0.2, 0.25) is 0 Å². The molecule has 2 rings (SSSR count). The van der Waals surface area contributed by atoms with Crippen LogP contribution >= 0.6 is 0 Å². The Labute approximate surface area is 108 Å². The van der Waals surface area contributed by atoms with Crippen LogP contribution in [-0.4, -0.2) is 17.1 Å². The maximum Gasteiger partial charge on any atom is 0.416 e. The van der Waals surface area contributed by atoms with E-state index in [4.69, 9.17) is 0 Å². The van der Waals surface area contributed by atoms with Gasteiger partial charge in [-0.1, -0.05) is 12.1 Å². The number of hydrogen-bond acceptors (Lipinski definition) is 2. The molecule has 0 aromatic heterocycles. The zero-order chi connectivity index (χ0) is 15.3. The summed E-state index contributed by atoms with van der Waals surface area (Å²) in [7, 11) is 0. The quantitative estimate of drug-likeness (QED) is 0.475. The lowest BCUT2D eigenvalue weighted by Gasteiger charge is -2.07. The topological polar surface area (TPSA) is 43.1 Å². The van der Waals surface area contributed by atoms with E-state index in [0.29, 0.717) is 12.1 Å². The second-order valence-electron chi connectivity index (χ2n) is 4.49. The molecule has 20 heavy (non-hydrogen) atoms. The van der Waals surface area contributed by atoms with E-state index in [1.807, 2.05) is 0 Å². The van der Waals surface area contributed by atoms with Gasteiger partial charge in [0.15, 0.2) is 0 Å². The van der Waals surface area contributed by atoms with Crippen LogP contribution in [0.4, 0.5) is 26.3 Å². The molecule has 0 radical (unpaired) electrons. The average Bonchev–Trinajstić information content (AvgIpc) is 3.02. The Balaban J connectivity index is 2.26. The molecule has 0 amide bonds. The lowest BCUT2D eigenvalue weighted by atomic mass is 10.1. The number of nitrogens with zero attached hydrogens (tertiary/aromatic N) is 1. The summed E-state index contributed by atoms with van der Waals surface area (Å²) >= 11 is 0. The molecule has 110 valence electrons. The number of rotatable bonds is 2. The zero-order valence-electron chi connectivity index (χ0n) is 9.57. The Hall–Kier alpha value is -1.80. The molecule has 0 N–H and O–H groups in total. The third kappa shape index (κ3) is 2.56. The molecule has 1 saturated carbocycles. The third-order valence-electron chi connectivity index (χ3n) is 3.23. The van der Waals surface area contributed by atoms with Gasteiger partial charge in [-0.05, 0) is 17.7 Å². The summed E-state index contributed by atoms with van der Waals surface area (Å²) in [4.78, 5) is 9.51. The van der Waals surface area contributed by atoms with Crippen LogP contribution in [0.5, 0.6) is 0 Å². The molecule has 0 heterocycles. The maximum absolute atomic E-state index is 12.6. The van der Waals surface area contributed by atoms with E-state index in [9.17, 15) is 36.5 Å². The normalized spacial score (nSPS) is 26.4. The highest BCUT2D eigenvalue weighted by atomic mass is 19.4. The highest BCUT2D eigenvalue weighted by Gasteiger charge is 2.72. The van der Waals surface area contributed by atoms with Gasteiger partial charge in [0, 0.05) is 4.92 Å². The number of alkyl halides is 6. The first-order chi connectivity index (χ1) is 9.03. The molecule has 1 aliphatic rings. The van der Waals surface area contributed by atoms with Crippen LogP contribution in [-0.2, 0) is 6.18 Å². The lowest BCUT2D eigenvalue weighted by molar-refractivity contribution is -0.503. The zero-order valence-corrected chi connectivity index (χ0v) is 9.57. The number of nitro groups is 1. The fourth-order valence-corrected chi connectivity index (χ4v) is 2.25. The standard InChI is InChI=1S/C11H7F6NO2/c12-10(13,14)6-3-1-5(2-4-6)7-8(11(15,16)17)9(7)18(19)20/h1-4,7-9H/t7-,8+,9+/m0/s1. The monoisotopic (exact) mass is 299 g/mol. The SMILES string of the molecule is O=[N+]([O-])[C@@H]1[C@@H](c2ccc(C(F)(F)F)cc2)[C@H]1C(F)(F)F. The van der Waals surface area contributed by atoms with Crippen LogP contribution < -0.4 is 0 Å². The van der Waals surface area contributed by atoms with Crippen LogP contribution in [0.1, 0.15) is 17.0 Å². The second-order valence-corrected chi connectivity index (χ2v) is 4.49. The summed E-state index contributed by atoms with van der Waals surface area (Å²) in [5.41, 5.74) is -1.12. The van der Waals surface area contributed by atoms with Gasteiger partial charge in [0.2, 0.25) is 6.04 Å². The molecule has 1 aliphatic carbocycles. The molecule has 1 fully saturated rings. The molecule has 0 spiro atoms. The van der Waals surface area contributed by atoms with Crippen molar-refractivity contribution in [3.05, 3.63) is 45.5 Å². The summed E-state index contributed by atoms with van der Waals surface area (Å²) in [6.07, 6.45) is -9.35. The van der Waals surface area contributed by atoms with Crippen molar-refractivity contribution in [2.45, 2.75) is 24.3 Å². The van der Waals surface area contributed by atoms with Crippen LogP contribution in [0.3, 0.4) is 0 Å². The molecule has 9 heteroatoms. The van der Waals surface area contributed by atoms with Crippen LogP contribution in [0, 0.1) is 16.0 Å². The van der Waals surface area contributed by atoms with Gasteiger partial charge in [-0.3, -0.25) is 10.1 Å². The third-order valence-corrected chi connectivity index (χ3v) is 3.23. The van der Waals surface area contributed by atoms with Gasteiger partial charge < -0.3 is 0 Å². The predicted molar refractivity (Wildman–Crippen MR) is 54.5 cm³/mol. The van der Waals surface area contributed by atoms with Crippen molar-refractivity contribution >= 4 is 0 Å². The molecular formula is C11H7F6NO2. The molecule has 1 aromatic carbocycles. The number of hydrogen-bond donors (Lipinski definition) is 0. The first kappa shape index (κ1) is 14.6. The highest BCUT2D eigenvalue weighted by molar-refractivity contribution is 5.33. The molecule has 0 unspecified atom stereocenters. The van der Waals surface area contributed by atoms with E-state index in [2.05, 4.69) is 0 Å². The van der Waals surface area contributed by atoms with E-state index < -0.39 is 40.7 Å². The highest BCUT2D eigenvalue weighted by Crippen LogP contribution is 2.57. The largest absolute Gasteiger partial charge is 0.416 e. The Kier molecular flexibility index (Phi) is 3.18. The Morgan fingerprint density at radius 1 is 1.00 bits per heavy atom. The van der Waals surface area contributed by atoms with Gasteiger partial charge in [0.05, 0.1) is 11.5 Å². The van der Waals surface area contributed by atoms with Crippen molar-refractivity contribution in [3.63, 3.8) is 0 Å². The van der Waals surface area contributed by atoms with Crippen LogP contribution in [0.15, 0.2) is 24.3 Å². The first-order valence-electron chi connectivity index (χ1n) is 5.41. The smallest absolute Gasteiger partial charge is 0.264 e. The van der Waals surface area contributed by atoms with E-state index in [-0.39, 0.29) is 5.56 Å². The van der Waals surface area contributed by atoms with Crippen molar-refractivity contribution in [3.8, 4) is 0 Å². The van der Waals surface area contributed by atoms with Crippen molar-refractivity contribution < 1.29 is 31.3 Å². The van der Waals surface area contributed by atoms with Gasteiger partial charge in [-0.2, -0.15) is 26.3 Å². The fraction of sp³-hybridized carbons (Fsp3) is 0.455. The van der Waals surface area contributed by atoms with E-state index >= 15 is 0 Å². The van der Waals surface area contributed by atoms with Gasteiger partial charge >= 0.3 is 12.4 Å². The van der Waals surface area contributed by atoms with E-state index in [0.717, 1.165) is 12.1 Å². The number of halogens is 6. The summed E-state index contributed by atoms with van der Waals surface area (Å²) in [6, 6.07) is 1.13. The van der Waals surface area contributed by atoms with Crippen molar-refractivity contribution in [1.29, 1.82) is 0 Å². The van der Waals surface area contributed by atoms with E-state index in [1.54, 1.807) is 0 Å². The van der Waals surface area contributed by atoms with Gasteiger partial charge in [0.1, 0.15) is 5.92 Å². The molecule has 3 atom stereocenters.